The number of alkyl halides is 6. The number of halogens is 6. The van der Waals surface area contributed by atoms with Crippen molar-refractivity contribution in [2.75, 3.05) is 0 Å². The van der Waals surface area contributed by atoms with E-state index >= 15 is 0 Å². The first kappa shape index (κ1) is 20.1. The fourth-order valence-corrected chi connectivity index (χ4v) is 4.91. The molecule has 0 amide bonds. The lowest BCUT2D eigenvalue weighted by atomic mass is 10.0. The summed E-state index contributed by atoms with van der Waals surface area (Å²) >= 11 is 1.63. The smallest absolute Gasteiger partial charge is 0.244 e. The second-order valence-electron chi connectivity index (χ2n) is 6.54. The molecule has 0 aliphatic heterocycles. The van der Waals surface area contributed by atoms with Crippen LogP contribution >= 0.6 is 22.7 Å². The highest BCUT2D eigenvalue weighted by atomic mass is 32.1. The van der Waals surface area contributed by atoms with Crippen LogP contribution in [0.1, 0.15) is 20.5 Å². The molecule has 10 heteroatoms. The summed E-state index contributed by atoms with van der Waals surface area (Å²) in [6.07, 6.45) is 1.18. The van der Waals surface area contributed by atoms with Crippen LogP contribution in [0, 0.1) is 13.8 Å². The molecule has 1 aliphatic rings. The van der Waals surface area contributed by atoms with Gasteiger partial charge in [0.1, 0.15) is 10.0 Å². The Bertz CT molecular complexity index is 1110. The molecule has 3 aromatic rings. The Balaban J connectivity index is 2.02. The van der Waals surface area contributed by atoms with Crippen LogP contribution in [-0.2, 0) is 0 Å². The van der Waals surface area contributed by atoms with Gasteiger partial charge in [0.2, 0.25) is 0 Å². The van der Waals surface area contributed by atoms with Crippen LogP contribution in [0.25, 0.3) is 21.7 Å². The maximum absolute atomic E-state index is 14.8. The van der Waals surface area contributed by atoms with E-state index in [1.807, 2.05) is 0 Å². The van der Waals surface area contributed by atoms with Crippen molar-refractivity contribution in [3.63, 3.8) is 0 Å². The lowest BCUT2D eigenvalue weighted by molar-refractivity contribution is -0.254. The molecular formula is C19H12F6N2S2. The number of aromatic nitrogens is 2. The summed E-state index contributed by atoms with van der Waals surface area (Å²) in [6.45, 7) is 2.91. The second-order valence-corrected chi connectivity index (χ2v) is 8.98. The number of rotatable bonds is 3. The molecule has 0 N–H and O–H groups in total. The maximum atomic E-state index is 14.8. The number of thiazole rings is 2. The van der Waals surface area contributed by atoms with Gasteiger partial charge >= 0.3 is 17.8 Å². The summed E-state index contributed by atoms with van der Waals surface area (Å²) in [7, 11) is 0. The van der Waals surface area contributed by atoms with E-state index in [4.69, 9.17) is 0 Å². The molecular weight excluding hydrogens is 434 g/mol. The van der Waals surface area contributed by atoms with E-state index in [9.17, 15) is 26.3 Å². The monoisotopic (exact) mass is 446 g/mol. The predicted molar refractivity (Wildman–Crippen MR) is 101 cm³/mol. The number of allylic oxidation sites excluding steroid dienone is 2. The lowest BCUT2D eigenvalue weighted by Crippen LogP contribution is -2.49. The molecule has 0 fully saturated rings. The Hall–Kier alpha value is -2.20. The van der Waals surface area contributed by atoms with E-state index in [-0.39, 0.29) is 9.88 Å². The fraction of sp³-hybridized carbons (Fsp3) is 0.263. The van der Waals surface area contributed by atoms with Crippen molar-refractivity contribution in [1.29, 1.82) is 0 Å². The predicted octanol–water partition coefficient (Wildman–Crippen LogP) is 6.71. The molecule has 0 atom stereocenters. The Labute approximate surface area is 169 Å². The van der Waals surface area contributed by atoms with E-state index in [1.165, 1.54) is 20.0 Å². The van der Waals surface area contributed by atoms with Crippen LogP contribution < -0.4 is 0 Å². The minimum absolute atomic E-state index is 0.137. The first-order valence-corrected chi connectivity index (χ1v) is 9.96. The number of nitrogens with zero attached hydrogens (tertiary/aromatic N) is 2. The molecule has 1 aromatic carbocycles. The zero-order valence-electron chi connectivity index (χ0n) is 14.9. The van der Waals surface area contributed by atoms with E-state index in [1.54, 1.807) is 30.3 Å². The molecule has 0 radical (unpaired) electrons. The standard InChI is InChI=1S/C19H12F6N2S2/c1-9-8-26-16(28-9)13-12(17(20,21)19(24,25)18(13,22)23)14-10(2)29-15(27-14)11-6-4-3-5-7-11/h3-8H,1-2H3. The molecule has 152 valence electrons. The van der Waals surface area contributed by atoms with Crippen LogP contribution in [0.4, 0.5) is 26.3 Å². The van der Waals surface area contributed by atoms with Gasteiger partial charge in [-0.15, -0.1) is 22.7 Å². The summed E-state index contributed by atoms with van der Waals surface area (Å²) in [4.78, 5) is 8.32. The quantitative estimate of drug-likeness (QED) is 0.418. The number of hydrogen-bond acceptors (Lipinski definition) is 4. The third-order valence-electron chi connectivity index (χ3n) is 4.56. The van der Waals surface area contributed by atoms with Crippen molar-refractivity contribution in [2.45, 2.75) is 31.6 Å². The normalized spacial score (nSPS) is 19.7. The van der Waals surface area contributed by atoms with E-state index in [0.717, 1.165) is 11.3 Å². The molecule has 0 saturated heterocycles. The van der Waals surface area contributed by atoms with Gasteiger partial charge in [-0.05, 0) is 13.8 Å². The summed E-state index contributed by atoms with van der Waals surface area (Å²) in [5, 5.41) is -0.289. The van der Waals surface area contributed by atoms with Crippen molar-refractivity contribution in [3.8, 4) is 10.6 Å². The fourth-order valence-electron chi connectivity index (χ4n) is 3.14. The molecule has 0 spiro atoms. The average Bonchev–Trinajstić information content (AvgIpc) is 3.27. The third kappa shape index (κ3) is 2.76. The van der Waals surface area contributed by atoms with Crippen LogP contribution in [0.3, 0.4) is 0 Å². The molecule has 4 rings (SSSR count). The van der Waals surface area contributed by atoms with E-state index < -0.39 is 39.6 Å². The molecule has 29 heavy (non-hydrogen) atoms. The van der Waals surface area contributed by atoms with Crippen LogP contribution in [0.15, 0.2) is 36.5 Å². The molecule has 0 unspecified atom stereocenters. The van der Waals surface area contributed by atoms with Gasteiger partial charge in [-0.25, -0.2) is 9.97 Å². The molecule has 1 aliphatic carbocycles. The van der Waals surface area contributed by atoms with Gasteiger partial charge in [-0.2, -0.15) is 26.3 Å². The summed E-state index contributed by atoms with van der Waals surface area (Å²) in [6, 6.07) is 8.46. The Morgan fingerprint density at radius 3 is 2.00 bits per heavy atom. The maximum Gasteiger partial charge on any atom is 0.380 e. The van der Waals surface area contributed by atoms with Crippen molar-refractivity contribution in [1.82, 2.24) is 9.97 Å². The molecule has 0 bridgehead atoms. The zero-order chi connectivity index (χ0) is 21.2. The number of aryl methyl sites for hydroxylation is 2. The van der Waals surface area contributed by atoms with Gasteiger partial charge in [-0.1, -0.05) is 30.3 Å². The Morgan fingerprint density at radius 2 is 1.41 bits per heavy atom. The topological polar surface area (TPSA) is 25.8 Å². The first-order chi connectivity index (χ1) is 13.5. The Kier molecular flexibility index (Phi) is 4.43. The highest BCUT2D eigenvalue weighted by Gasteiger charge is 2.81. The van der Waals surface area contributed by atoms with Gasteiger partial charge in [0.05, 0.1) is 16.8 Å². The minimum atomic E-state index is -5.60. The van der Waals surface area contributed by atoms with Gasteiger partial charge in [0.25, 0.3) is 0 Å². The van der Waals surface area contributed by atoms with Gasteiger partial charge in [0, 0.05) is 21.5 Å². The third-order valence-corrected chi connectivity index (χ3v) is 6.51. The first-order valence-electron chi connectivity index (χ1n) is 8.33. The SMILES string of the molecule is Cc1cnc(C2=C(c3nc(-c4ccccc4)sc3C)C(F)(F)C(F)(F)C2(F)F)s1. The van der Waals surface area contributed by atoms with Crippen LogP contribution in [0.5, 0.6) is 0 Å². The summed E-state index contributed by atoms with van der Waals surface area (Å²) in [5.41, 5.74) is -2.91. The van der Waals surface area contributed by atoms with Crippen LogP contribution in [0.2, 0.25) is 0 Å². The van der Waals surface area contributed by atoms with E-state index in [2.05, 4.69) is 9.97 Å². The van der Waals surface area contributed by atoms with Gasteiger partial charge in [0.15, 0.2) is 0 Å². The van der Waals surface area contributed by atoms with Gasteiger partial charge in [-0.3, -0.25) is 0 Å². The molecule has 2 heterocycles. The minimum Gasteiger partial charge on any atom is -0.244 e. The van der Waals surface area contributed by atoms with Crippen molar-refractivity contribution < 1.29 is 26.3 Å². The van der Waals surface area contributed by atoms with Crippen LogP contribution in [-0.4, -0.2) is 27.7 Å². The number of hydrogen-bond donors (Lipinski definition) is 0. The van der Waals surface area contributed by atoms with E-state index in [0.29, 0.717) is 21.8 Å². The molecule has 2 aromatic heterocycles. The number of benzene rings is 1. The highest BCUT2D eigenvalue weighted by molar-refractivity contribution is 7.15. The summed E-state index contributed by atoms with van der Waals surface area (Å²) < 4.78 is 87.3. The average molecular weight is 446 g/mol. The van der Waals surface area contributed by atoms with Crippen molar-refractivity contribution >= 4 is 33.8 Å². The second kappa shape index (κ2) is 6.40. The van der Waals surface area contributed by atoms with Gasteiger partial charge < -0.3 is 0 Å². The molecule has 2 nitrogen and oxygen atoms in total. The highest BCUT2D eigenvalue weighted by Crippen LogP contribution is 2.65. The van der Waals surface area contributed by atoms with Crippen molar-refractivity contribution in [2.24, 2.45) is 0 Å². The largest absolute Gasteiger partial charge is 0.380 e. The lowest BCUT2D eigenvalue weighted by Gasteiger charge is -2.25. The van der Waals surface area contributed by atoms with Crippen molar-refractivity contribution in [3.05, 3.63) is 57.0 Å². The Morgan fingerprint density at radius 1 is 0.793 bits per heavy atom. The molecule has 0 saturated carbocycles. The zero-order valence-corrected chi connectivity index (χ0v) is 16.6. The summed E-state index contributed by atoms with van der Waals surface area (Å²) in [5.74, 6) is -15.8.